The molecule has 1 aliphatic rings. The van der Waals surface area contributed by atoms with Crippen molar-refractivity contribution < 1.29 is 9.47 Å². The standard InChI is InChI=1S/C25H27NO2/c26-19-25(14-7-15-25)22-12-13-23(27-17-20-8-3-1-4-9-20)24(16-22)28-18-21-10-5-2-6-11-21/h1-6,8-13,16H,7,14-15,17-19,26H2. The average molecular weight is 373 g/mol. The Morgan fingerprint density at radius 1 is 0.714 bits per heavy atom. The van der Waals surface area contributed by atoms with Crippen LogP contribution in [0.1, 0.15) is 36.0 Å². The van der Waals surface area contributed by atoms with Crippen LogP contribution in [-0.4, -0.2) is 6.54 Å². The quantitative estimate of drug-likeness (QED) is 0.588. The van der Waals surface area contributed by atoms with E-state index in [0.29, 0.717) is 19.8 Å². The lowest BCUT2D eigenvalue weighted by Gasteiger charge is -2.41. The Hall–Kier alpha value is -2.78. The Balaban J connectivity index is 1.56. The Morgan fingerprint density at radius 2 is 1.29 bits per heavy atom. The maximum atomic E-state index is 6.19. The highest BCUT2D eigenvalue weighted by molar-refractivity contribution is 5.46. The van der Waals surface area contributed by atoms with Crippen molar-refractivity contribution in [1.82, 2.24) is 0 Å². The number of ether oxygens (including phenoxy) is 2. The lowest BCUT2D eigenvalue weighted by Crippen LogP contribution is -2.41. The van der Waals surface area contributed by atoms with Gasteiger partial charge in [-0.1, -0.05) is 73.2 Å². The third kappa shape index (κ3) is 4.05. The van der Waals surface area contributed by atoms with Crippen LogP contribution in [0.2, 0.25) is 0 Å². The van der Waals surface area contributed by atoms with Crippen LogP contribution in [0.4, 0.5) is 0 Å². The molecule has 2 N–H and O–H groups in total. The Morgan fingerprint density at radius 3 is 1.79 bits per heavy atom. The fraction of sp³-hybridized carbons (Fsp3) is 0.280. The predicted molar refractivity (Wildman–Crippen MR) is 113 cm³/mol. The van der Waals surface area contributed by atoms with Crippen LogP contribution in [0.15, 0.2) is 78.9 Å². The minimum atomic E-state index is 0.100. The first-order valence-electron chi connectivity index (χ1n) is 9.97. The summed E-state index contributed by atoms with van der Waals surface area (Å²) in [7, 11) is 0. The third-order valence-electron chi connectivity index (χ3n) is 5.73. The second-order valence-electron chi connectivity index (χ2n) is 7.55. The topological polar surface area (TPSA) is 44.5 Å². The molecule has 144 valence electrons. The molecule has 0 spiro atoms. The molecule has 0 aromatic heterocycles. The van der Waals surface area contributed by atoms with E-state index in [9.17, 15) is 0 Å². The van der Waals surface area contributed by atoms with Gasteiger partial charge in [0.2, 0.25) is 0 Å². The Labute approximate surface area is 167 Å². The molecule has 1 saturated carbocycles. The van der Waals surface area contributed by atoms with Crippen LogP contribution in [-0.2, 0) is 18.6 Å². The van der Waals surface area contributed by atoms with E-state index in [2.05, 4.69) is 36.4 Å². The van der Waals surface area contributed by atoms with Gasteiger partial charge in [0.05, 0.1) is 0 Å². The van der Waals surface area contributed by atoms with Crippen LogP contribution in [0.3, 0.4) is 0 Å². The molecule has 1 aliphatic carbocycles. The normalized spacial score (nSPS) is 14.9. The first-order chi connectivity index (χ1) is 13.8. The summed E-state index contributed by atoms with van der Waals surface area (Å²) >= 11 is 0. The summed E-state index contributed by atoms with van der Waals surface area (Å²) in [4.78, 5) is 0. The molecule has 0 amide bonds. The van der Waals surface area contributed by atoms with Gasteiger partial charge in [-0.25, -0.2) is 0 Å². The predicted octanol–water partition coefficient (Wildman–Crippen LogP) is 5.23. The highest BCUT2D eigenvalue weighted by Gasteiger charge is 2.37. The van der Waals surface area contributed by atoms with E-state index >= 15 is 0 Å². The van der Waals surface area contributed by atoms with Crippen molar-refractivity contribution in [1.29, 1.82) is 0 Å². The van der Waals surface area contributed by atoms with Gasteiger partial charge in [-0.15, -0.1) is 0 Å². The summed E-state index contributed by atoms with van der Waals surface area (Å²) in [5.41, 5.74) is 9.75. The van der Waals surface area contributed by atoms with Crippen LogP contribution < -0.4 is 15.2 Å². The molecule has 1 fully saturated rings. The monoisotopic (exact) mass is 373 g/mol. The molecular formula is C25H27NO2. The average Bonchev–Trinajstić information content (AvgIpc) is 2.72. The van der Waals surface area contributed by atoms with Gasteiger partial charge in [0.1, 0.15) is 13.2 Å². The van der Waals surface area contributed by atoms with Crippen LogP contribution >= 0.6 is 0 Å². The van der Waals surface area contributed by atoms with Crippen molar-refractivity contribution in [3.8, 4) is 11.5 Å². The Bertz CT molecular complexity index is 883. The van der Waals surface area contributed by atoms with E-state index in [0.717, 1.165) is 35.5 Å². The van der Waals surface area contributed by atoms with Crippen LogP contribution in [0, 0.1) is 0 Å². The molecule has 0 unspecified atom stereocenters. The fourth-order valence-corrected chi connectivity index (χ4v) is 3.75. The van der Waals surface area contributed by atoms with Gasteiger partial charge < -0.3 is 15.2 Å². The number of benzene rings is 3. The van der Waals surface area contributed by atoms with Gasteiger partial charge in [-0.3, -0.25) is 0 Å². The van der Waals surface area contributed by atoms with Crippen molar-refractivity contribution in [3.05, 3.63) is 95.6 Å². The SMILES string of the molecule is NCC1(c2ccc(OCc3ccccc3)c(OCc3ccccc3)c2)CCC1. The zero-order chi connectivity index (χ0) is 19.2. The third-order valence-corrected chi connectivity index (χ3v) is 5.73. The molecule has 3 aromatic carbocycles. The molecule has 0 bridgehead atoms. The van der Waals surface area contributed by atoms with E-state index in [1.54, 1.807) is 0 Å². The minimum absolute atomic E-state index is 0.100. The summed E-state index contributed by atoms with van der Waals surface area (Å²) < 4.78 is 12.3. The molecule has 0 heterocycles. The molecule has 3 heteroatoms. The van der Waals surface area contributed by atoms with E-state index in [-0.39, 0.29) is 5.41 Å². The first-order valence-corrected chi connectivity index (χ1v) is 9.97. The smallest absolute Gasteiger partial charge is 0.161 e. The summed E-state index contributed by atoms with van der Waals surface area (Å²) in [6.45, 7) is 1.71. The van der Waals surface area contributed by atoms with Gasteiger partial charge in [0.15, 0.2) is 11.5 Å². The summed E-state index contributed by atoms with van der Waals surface area (Å²) in [6, 6.07) is 26.7. The van der Waals surface area contributed by atoms with Gasteiger partial charge >= 0.3 is 0 Å². The molecule has 0 radical (unpaired) electrons. The zero-order valence-corrected chi connectivity index (χ0v) is 16.1. The van der Waals surface area contributed by atoms with Crippen molar-refractivity contribution in [2.75, 3.05) is 6.54 Å². The van der Waals surface area contributed by atoms with Crippen LogP contribution in [0.25, 0.3) is 0 Å². The lowest BCUT2D eigenvalue weighted by molar-refractivity contribution is 0.241. The summed E-state index contributed by atoms with van der Waals surface area (Å²) in [5, 5.41) is 0. The molecular weight excluding hydrogens is 346 g/mol. The first kappa shape index (κ1) is 18.6. The maximum Gasteiger partial charge on any atom is 0.161 e. The zero-order valence-electron chi connectivity index (χ0n) is 16.1. The fourth-order valence-electron chi connectivity index (χ4n) is 3.75. The molecule has 28 heavy (non-hydrogen) atoms. The second-order valence-corrected chi connectivity index (χ2v) is 7.55. The van der Waals surface area contributed by atoms with E-state index in [4.69, 9.17) is 15.2 Å². The van der Waals surface area contributed by atoms with E-state index in [1.165, 1.54) is 12.0 Å². The van der Waals surface area contributed by atoms with Crippen molar-refractivity contribution >= 4 is 0 Å². The second kappa shape index (κ2) is 8.49. The van der Waals surface area contributed by atoms with Crippen molar-refractivity contribution in [2.24, 2.45) is 5.73 Å². The minimum Gasteiger partial charge on any atom is -0.485 e. The van der Waals surface area contributed by atoms with Gasteiger partial charge in [-0.2, -0.15) is 0 Å². The number of hydrogen-bond acceptors (Lipinski definition) is 3. The van der Waals surface area contributed by atoms with E-state index in [1.807, 2.05) is 42.5 Å². The van der Waals surface area contributed by atoms with E-state index < -0.39 is 0 Å². The number of nitrogens with two attached hydrogens (primary N) is 1. The van der Waals surface area contributed by atoms with Gasteiger partial charge in [0.25, 0.3) is 0 Å². The van der Waals surface area contributed by atoms with Crippen LogP contribution in [0.5, 0.6) is 11.5 Å². The van der Waals surface area contributed by atoms with Gasteiger partial charge in [-0.05, 0) is 41.7 Å². The number of hydrogen-bond donors (Lipinski definition) is 1. The lowest BCUT2D eigenvalue weighted by atomic mass is 9.64. The highest BCUT2D eigenvalue weighted by atomic mass is 16.5. The molecule has 3 aromatic rings. The largest absolute Gasteiger partial charge is 0.485 e. The molecule has 0 atom stereocenters. The highest BCUT2D eigenvalue weighted by Crippen LogP contribution is 2.45. The molecule has 3 nitrogen and oxygen atoms in total. The van der Waals surface area contributed by atoms with Gasteiger partial charge in [0, 0.05) is 12.0 Å². The molecule has 0 aliphatic heterocycles. The maximum absolute atomic E-state index is 6.19. The molecule has 0 saturated heterocycles. The summed E-state index contributed by atoms with van der Waals surface area (Å²) in [6.07, 6.45) is 3.53. The summed E-state index contributed by atoms with van der Waals surface area (Å²) in [5.74, 6) is 1.56. The number of rotatable bonds is 8. The Kier molecular flexibility index (Phi) is 5.63. The molecule has 4 rings (SSSR count). The van der Waals surface area contributed by atoms with Crippen molar-refractivity contribution in [2.45, 2.75) is 37.9 Å². The van der Waals surface area contributed by atoms with Crippen molar-refractivity contribution in [3.63, 3.8) is 0 Å².